The fourth-order valence-electron chi connectivity index (χ4n) is 1.08. The molecule has 1 atom stereocenters. The number of rotatable bonds is 5. The molecule has 5 heteroatoms. The molecule has 15 heavy (non-hydrogen) atoms. The number of nitrogens with two attached hydrogens (primary N) is 1. The average Bonchev–Trinajstić information content (AvgIpc) is 2.26. The summed E-state index contributed by atoms with van der Waals surface area (Å²) in [7, 11) is 0. The Labute approximate surface area is 87.5 Å². The van der Waals surface area contributed by atoms with Crippen LogP contribution in [0.5, 0.6) is 0 Å². The van der Waals surface area contributed by atoms with Crippen molar-refractivity contribution in [2.45, 2.75) is 6.10 Å². The smallest absolute Gasteiger partial charge is 0.248 e. The van der Waals surface area contributed by atoms with Gasteiger partial charge in [-0.25, -0.2) is 0 Å². The van der Waals surface area contributed by atoms with Crippen LogP contribution in [0.4, 0.5) is 5.69 Å². The molecule has 1 rings (SSSR count). The Kier molecular flexibility index (Phi) is 4.08. The summed E-state index contributed by atoms with van der Waals surface area (Å²) in [6.45, 7) is -0.0821. The molecule has 82 valence electrons. The molecule has 1 unspecified atom stereocenters. The highest BCUT2D eigenvalue weighted by atomic mass is 16.3. The summed E-state index contributed by atoms with van der Waals surface area (Å²) >= 11 is 0. The molecule has 1 amide bonds. The highest BCUT2D eigenvalue weighted by Crippen LogP contribution is 2.09. The molecule has 0 radical (unpaired) electrons. The summed E-state index contributed by atoms with van der Waals surface area (Å²) in [5.41, 5.74) is 6.19. The van der Waals surface area contributed by atoms with E-state index in [1.165, 1.54) is 0 Å². The minimum absolute atomic E-state index is 0.221. The van der Waals surface area contributed by atoms with E-state index in [9.17, 15) is 4.79 Å². The van der Waals surface area contributed by atoms with Crippen LogP contribution in [0.1, 0.15) is 10.4 Å². The molecule has 0 saturated carbocycles. The predicted molar refractivity (Wildman–Crippen MR) is 56.5 cm³/mol. The third-order valence-electron chi connectivity index (χ3n) is 1.90. The number of anilines is 1. The van der Waals surface area contributed by atoms with E-state index >= 15 is 0 Å². The largest absolute Gasteiger partial charge is 0.394 e. The van der Waals surface area contributed by atoms with Crippen LogP contribution in [0.2, 0.25) is 0 Å². The van der Waals surface area contributed by atoms with Crippen LogP contribution in [0.15, 0.2) is 24.3 Å². The first kappa shape index (κ1) is 11.5. The first-order valence-electron chi connectivity index (χ1n) is 4.56. The first-order chi connectivity index (χ1) is 7.13. The van der Waals surface area contributed by atoms with Gasteiger partial charge in [0, 0.05) is 17.8 Å². The number of aliphatic hydroxyl groups is 2. The van der Waals surface area contributed by atoms with Crippen molar-refractivity contribution in [1.82, 2.24) is 0 Å². The maximum absolute atomic E-state index is 10.9. The second-order valence-corrected chi connectivity index (χ2v) is 3.16. The number of amides is 1. The quantitative estimate of drug-likeness (QED) is 0.529. The molecule has 5 N–H and O–H groups in total. The van der Waals surface area contributed by atoms with Gasteiger partial charge < -0.3 is 21.3 Å². The fraction of sp³-hybridized carbons (Fsp3) is 0.300. The molecule has 5 nitrogen and oxygen atoms in total. The third-order valence-corrected chi connectivity index (χ3v) is 1.90. The zero-order chi connectivity index (χ0) is 11.3. The van der Waals surface area contributed by atoms with Crippen molar-refractivity contribution in [1.29, 1.82) is 0 Å². The fourth-order valence-corrected chi connectivity index (χ4v) is 1.08. The van der Waals surface area contributed by atoms with Gasteiger partial charge in [0.2, 0.25) is 5.91 Å². The molecule has 0 spiro atoms. The number of aliphatic hydroxyl groups excluding tert-OH is 2. The van der Waals surface area contributed by atoms with Crippen LogP contribution in [0.3, 0.4) is 0 Å². The zero-order valence-electron chi connectivity index (χ0n) is 8.18. The van der Waals surface area contributed by atoms with Crippen LogP contribution in [-0.4, -0.2) is 35.4 Å². The van der Waals surface area contributed by atoms with Crippen LogP contribution < -0.4 is 11.1 Å². The van der Waals surface area contributed by atoms with Crippen molar-refractivity contribution < 1.29 is 15.0 Å². The predicted octanol–water partition coefficient (Wildman–Crippen LogP) is -0.449. The van der Waals surface area contributed by atoms with E-state index in [1.807, 2.05) is 0 Å². The van der Waals surface area contributed by atoms with Gasteiger partial charge in [0.1, 0.15) is 0 Å². The second kappa shape index (κ2) is 5.33. The number of carbonyl (C=O) groups is 1. The summed E-state index contributed by atoms with van der Waals surface area (Å²) in [6, 6.07) is 6.63. The average molecular weight is 210 g/mol. The van der Waals surface area contributed by atoms with Crippen molar-refractivity contribution in [3.8, 4) is 0 Å². The van der Waals surface area contributed by atoms with Crippen LogP contribution in [-0.2, 0) is 0 Å². The first-order valence-corrected chi connectivity index (χ1v) is 4.56. The van der Waals surface area contributed by atoms with Gasteiger partial charge >= 0.3 is 0 Å². The molecule has 0 saturated heterocycles. The number of nitrogens with one attached hydrogen (secondary N) is 1. The number of benzene rings is 1. The molecule has 0 fully saturated rings. The molecule has 1 aromatic carbocycles. The van der Waals surface area contributed by atoms with E-state index in [0.29, 0.717) is 11.3 Å². The van der Waals surface area contributed by atoms with Gasteiger partial charge in [-0.2, -0.15) is 0 Å². The molecule has 0 bridgehead atoms. The van der Waals surface area contributed by atoms with E-state index in [1.54, 1.807) is 24.3 Å². The summed E-state index contributed by atoms with van der Waals surface area (Å²) in [4.78, 5) is 10.9. The maximum atomic E-state index is 10.9. The van der Waals surface area contributed by atoms with Crippen LogP contribution in [0.25, 0.3) is 0 Å². The number of hydrogen-bond acceptors (Lipinski definition) is 4. The Balaban J connectivity index is 2.62. The summed E-state index contributed by atoms with van der Waals surface area (Å²) in [6.07, 6.45) is -0.817. The zero-order valence-corrected chi connectivity index (χ0v) is 8.18. The van der Waals surface area contributed by atoms with E-state index in [2.05, 4.69) is 5.32 Å². The van der Waals surface area contributed by atoms with Crippen molar-refractivity contribution in [3.63, 3.8) is 0 Å². The summed E-state index contributed by atoms with van der Waals surface area (Å²) < 4.78 is 0. The van der Waals surface area contributed by atoms with Crippen molar-refractivity contribution in [2.24, 2.45) is 5.73 Å². The Morgan fingerprint density at radius 1 is 1.53 bits per heavy atom. The Morgan fingerprint density at radius 2 is 2.27 bits per heavy atom. The van der Waals surface area contributed by atoms with Crippen LogP contribution >= 0.6 is 0 Å². The van der Waals surface area contributed by atoms with Crippen molar-refractivity contribution in [2.75, 3.05) is 18.5 Å². The molecular weight excluding hydrogens is 196 g/mol. The molecule has 0 aliphatic heterocycles. The minimum atomic E-state index is -0.817. The minimum Gasteiger partial charge on any atom is -0.394 e. The number of hydrogen-bond donors (Lipinski definition) is 4. The molecule has 0 aliphatic rings. The highest BCUT2D eigenvalue weighted by molar-refractivity contribution is 5.93. The van der Waals surface area contributed by atoms with Gasteiger partial charge in [0.25, 0.3) is 0 Å². The van der Waals surface area contributed by atoms with E-state index in [-0.39, 0.29) is 13.2 Å². The van der Waals surface area contributed by atoms with E-state index in [4.69, 9.17) is 15.9 Å². The lowest BCUT2D eigenvalue weighted by atomic mass is 10.2. The third kappa shape index (κ3) is 3.57. The summed E-state index contributed by atoms with van der Waals surface area (Å²) in [5, 5.41) is 20.6. The number of primary amides is 1. The highest BCUT2D eigenvalue weighted by Gasteiger charge is 2.03. The SMILES string of the molecule is NC(=O)c1cccc(NCC(O)CO)c1. The normalized spacial score (nSPS) is 12.1. The standard InChI is InChI=1S/C10H14N2O3/c11-10(15)7-2-1-3-8(4-7)12-5-9(14)6-13/h1-4,9,12-14H,5-6H2,(H2,11,15). The molecule has 0 aliphatic carbocycles. The number of carbonyl (C=O) groups excluding carboxylic acids is 1. The molecule has 0 aromatic heterocycles. The Bertz CT molecular complexity index is 341. The lowest BCUT2D eigenvalue weighted by Crippen LogP contribution is -2.23. The molecule has 1 aromatic rings. The lowest BCUT2D eigenvalue weighted by molar-refractivity contribution is 0.100. The van der Waals surface area contributed by atoms with Crippen LogP contribution in [0, 0.1) is 0 Å². The lowest BCUT2D eigenvalue weighted by Gasteiger charge is -2.10. The maximum Gasteiger partial charge on any atom is 0.248 e. The van der Waals surface area contributed by atoms with Gasteiger partial charge in [-0.15, -0.1) is 0 Å². The van der Waals surface area contributed by atoms with Gasteiger partial charge in [0.15, 0.2) is 0 Å². The monoisotopic (exact) mass is 210 g/mol. The second-order valence-electron chi connectivity index (χ2n) is 3.16. The van der Waals surface area contributed by atoms with Gasteiger partial charge in [-0.05, 0) is 18.2 Å². The van der Waals surface area contributed by atoms with Gasteiger partial charge in [-0.3, -0.25) is 4.79 Å². The van der Waals surface area contributed by atoms with Crippen molar-refractivity contribution in [3.05, 3.63) is 29.8 Å². The molecular formula is C10H14N2O3. The Hall–Kier alpha value is -1.59. The summed E-state index contributed by atoms with van der Waals surface area (Å²) in [5.74, 6) is -0.499. The van der Waals surface area contributed by atoms with Crippen molar-refractivity contribution >= 4 is 11.6 Å². The molecule has 0 heterocycles. The Morgan fingerprint density at radius 3 is 2.87 bits per heavy atom. The topological polar surface area (TPSA) is 95.6 Å². The van der Waals surface area contributed by atoms with E-state index < -0.39 is 12.0 Å². The van der Waals surface area contributed by atoms with Gasteiger partial charge in [0.05, 0.1) is 12.7 Å². The van der Waals surface area contributed by atoms with E-state index in [0.717, 1.165) is 0 Å². The van der Waals surface area contributed by atoms with Gasteiger partial charge in [-0.1, -0.05) is 6.07 Å².